The second kappa shape index (κ2) is 9.75. The molecule has 0 amide bonds. The first kappa shape index (κ1) is 17.0. The van der Waals surface area contributed by atoms with E-state index < -0.39 is 0 Å². The molecule has 0 aliphatic carbocycles. The van der Waals surface area contributed by atoms with Crippen molar-refractivity contribution in [2.75, 3.05) is 26.4 Å². The first-order chi connectivity index (χ1) is 9.19. The lowest BCUT2D eigenvalue weighted by Gasteiger charge is -2.12. The summed E-state index contributed by atoms with van der Waals surface area (Å²) in [7, 11) is 0. The van der Waals surface area contributed by atoms with Gasteiger partial charge in [0.05, 0.1) is 15.6 Å². The molecule has 5 heteroatoms. The Balaban J connectivity index is 2.58. The Labute approximate surface area is 132 Å². The molecule has 0 unspecified atom stereocenters. The van der Waals surface area contributed by atoms with Crippen molar-refractivity contribution < 1.29 is 9.47 Å². The predicted octanol–water partition coefficient (Wildman–Crippen LogP) is 4.13. The summed E-state index contributed by atoms with van der Waals surface area (Å²) in [4.78, 5) is 0. The Morgan fingerprint density at radius 1 is 1.11 bits per heavy atom. The number of ether oxygens (including phenoxy) is 2. The molecule has 108 valence electrons. The lowest BCUT2D eigenvalue weighted by molar-refractivity contribution is 0.109. The van der Waals surface area contributed by atoms with Crippen LogP contribution in [-0.2, 0) is 11.3 Å². The number of benzene rings is 1. The summed E-state index contributed by atoms with van der Waals surface area (Å²) in [5, 5.41) is 3.38. The van der Waals surface area contributed by atoms with Crippen molar-refractivity contribution in [1.82, 2.24) is 5.32 Å². The van der Waals surface area contributed by atoms with E-state index in [0.717, 1.165) is 34.2 Å². The summed E-state index contributed by atoms with van der Waals surface area (Å²) in [5.41, 5.74) is 1.23. The summed E-state index contributed by atoms with van der Waals surface area (Å²) < 4.78 is 12.9. The van der Waals surface area contributed by atoms with Gasteiger partial charge in [-0.15, -0.1) is 0 Å². The molecule has 1 N–H and O–H groups in total. The summed E-state index contributed by atoms with van der Waals surface area (Å²) >= 11 is 7.11. The van der Waals surface area contributed by atoms with Crippen molar-refractivity contribution in [3.05, 3.63) is 26.6 Å². The van der Waals surface area contributed by atoms with E-state index in [1.807, 2.05) is 6.92 Å². The molecule has 3 nitrogen and oxygen atoms in total. The highest BCUT2D eigenvalue weighted by Gasteiger charge is 2.08. The van der Waals surface area contributed by atoms with E-state index in [0.29, 0.717) is 19.8 Å². The van der Waals surface area contributed by atoms with E-state index >= 15 is 0 Å². The number of hydrogen-bond acceptors (Lipinski definition) is 3. The molecular formula is C14H21Br2NO2. The van der Waals surface area contributed by atoms with Gasteiger partial charge >= 0.3 is 0 Å². The van der Waals surface area contributed by atoms with Gasteiger partial charge < -0.3 is 14.8 Å². The fourth-order valence-corrected chi connectivity index (χ4v) is 3.12. The highest BCUT2D eigenvalue weighted by atomic mass is 79.9. The van der Waals surface area contributed by atoms with Crippen molar-refractivity contribution in [1.29, 1.82) is 0 Å². The normalized spacial score (nSPS) is 10.7. The molecule has 0 atom stereocenters. The Morgan fingerprint density at radius 2 is 1.79 bits per heavy atom. The smallest absolute Gasteiger partial charge is 0.147 e. The molecule has 1 rings (SSSR count). The Hall–Kier alpha value is -0.100. The second-order valence-corrected chi connectivity index (χ2v) is 5.82. The molecule has 0 bridgehead atoms. The van der Waals surface area contributed by atoms with Crippen LogP contribution in [0.15, 0.2) is 21.1 Å². The monoisotopic (exact) mass is 393 g/mol. The molecule has 0 aliphatic rings. The molecule has 1 aromatic rings. The maximum Gasteiger partial charge on any atom is 0.147 e. The van der Waals surface area contributed by atoms with Gasteiger partial charge in [0.1, 0.15) is 12.4 Å². The van der Waals surface area contributed by atoms with Gasteiger partial charge in [-0.25, -0.2) is 0 Å². The molecule has 0 aliphatic heterocycles. The minimum atomic E-state index is 0.554. The topological polar surface area (TPSA) is 30.5 Å². The van der Waals surface area contributed by atoms with Gasteiger partial charge in [0.25, 0.3) is 0 Å². The lowest BCUT2D eigenvalue weighted by Crippen LogP contribution is -2.14. The minimum absolute atomic E-state index is 0.554. The fraction of sp³-hybridized carbons (Fsp3) is 0.571. The van der Waals surface area contributed by atoms with Crippen LogP contribution in [0.25, 0.3) is 0 Å². The van der Waals surface area contributed by atoms with E-state index in [2.05, 4.69) is 56.2 Å². The molecule has 0 radical (unpaired) electrons. The van der Waals surface area contributed by atoms with E-state index in [1.165, 1.54) is 5.56 Å². The van der Waals surface area contributed by atoms with Crippen LogP contribution in [0.3, 0.4) is 0 Å². The van der Waals surface area contributed by atoms with Gasteiger partial charge in [0.15, 0.2) is 0 Å². The second-order valence-electron chi connectivity index (χ2n) is 4.11. The van der Waals surface area contributed by atoms with E-state index in [-0.39, 0.29) is 0 Å². The minimum Gasteiger partial charge on any atom is -0.489 e. The number of halogens is 2. The molecule has 19 heavy (non-hydrogen) atoms. The van der Waals surface area contributed by atoms with Gasteiger partial charge in [-0.05, 0) is 69.4 Å². The number of nitrogens with one attached hydrogen (secondary N) is 1. The van der Waals surface area contributed by atoms with Crippen LogP contribution in [0.1, 0.15) is 25.8 Å². The Morgan fingerprint density at radius 3 is 2.37 bits per heavy atom. The zero-order valence-electron chi connectivity index (χ0n) is 11.5. The maximum absolute atomic E-state index is 5.71. The summed E-state index contributed by atoms with van der Waals surface area (Å²) in [6.07, 6.45) is 1.14. The molecule has 0 saturated carbocycles. The largest absolute Gasteiger partial charge is 0.489 e. The molecular weight excluding hydrogens is 374 g/mol. The van der Waals surface area contributed by atoms with Crippen LogP contribution in [0, 0.1) is 0 Å². The van der Waals surface area contributed by atoms with Gasteiger partial charge in [0.2, 0.25) is 0 Å². The van der Waals surface area contributed by atoms with Crippen LogP contribution in [0.4, 0.5) is 0 Å². The highest BCUT2D eigenvalue weighted by molar-refractivity contribution is 9.11. The van der Waals surface area contributed by atoms with Gasteiger partial charge in [-0.1, -0.05) is 6.92 Å². The van der Waals surface area contributed by atoms with Crippen LogP contribution in [0.5, 0.6) is 5.75 Å². The van der Waals surface area contributed by atoms with E-state index in [9.17, 15) is 0 Å². The lowest BCUT2D eigenvalue weighted by atomic mass is 10.2. The molecule has 0 fully saturated rings. The first-order valence-electron chi connectivity index (χ1n) is 6.58. The van der Waals surface area contributed by atoms with Crippen LogP contribution < -0.4 is 10.1 Å². The molecule has 0 saturated heterocycles. The van der Waals surface area contributed by atoms with E-state index in [1.54, 1.807) is 0 Å². The average molecular weight is 395 g/mol. The van der Waals surface area contributed by atoms with Crippen molar-refractivity contribution in [2.24, 2.45) is 0 Å². The van der Waals surface area contributed by atoms with Crippen LogP contribution >= 0.6 is 31.9 Å². The third-order valence-electron chi connectivity index (χ3n) is 2.49. The Kier molecular flexibility index (Phi) is 8.70. The van der Waals surface area contributed by atoms with E-state index in [4.69, 9.17) is 9.47 Å². The summed E-state index contributed by atoms with van der Waals surface area (Å²) in [6, 6.07) is 4.17. The summed E-state index contributed by atoms with van der Waals surface area (Å²) in [5.74, 6) is 0.832. The highest BCUT2D eigenvalue weighted by Crippen LogP contribution is 2.34. The molecule has 0 heterocycles. The van der Waals surface area contributed by atoms with Crippen LogP contribution in [-0.4, -0.2) is 26.4 Å². The Bertz CT molecular complexity index is 363. The predicted molar refractivity (Wildman–Crippen MR) is 85.8 cm³/mol. The molecule has 0 spiro atoms. The third kappa shape index (κ3) is 6.25. The van der Waals surface area contributed by atoms with Crippen molar-refractivity contribution in [3.63, 3.8) is 0 Å². The first-order valence-corrected chi connectivity index (χ1v) is 8.16. The van der Waals surface area contributed by atoms with Crippen molar-refractivity contribution in [2.45, 2.75) is 26.8 Å². The van der Waals surface area contributed by atoms with Gasteiger partial charge in [-0.2, -0.15) is 0 Å². The fourth-order valence-electron chi connectivity index (χ4n) is 1.61. The van der Waals surface area contributed by atoms with Gasteiger partial charge in [0, 0.05) is 13.2 Å². The zero-order chi connectivity index (χ0) is 14.1. The number of rotatable bonds is 9. The van der Waals surface area contributed by atoms with Gasteiger partial charge in [-0.3, -0.25) is 0 Å². The van der Waals surface area contributed by atoms with Crippen LogP contribution in [0.2, 0.25) is 0 Å². The summed E-state index contributed by atoms with van der Waals surface area (Å²) in [6.45, 7) is 7.91. The van der Waals surface area contributed by atoms with Crippen molar-refractivity contribution >= 4 is 31.9 Å². The zero-order valence-corrected chi connectivity index (χ0v) is 14.6. The molecule has 1 aromatic carbocycles. The number of hydrogen-bond donors (Lipinski definition) is 1. The quantitative estimate of drug-likeness (QED) is 0.639. The average Bonchev–Trinajstić information content (AvgIpc) is 2.37. The molecule has 0 aromatic heterocycles. The van der Waals surface area contributed by atoms with Crippen molar-refractivity contribution in [3.8, 4) is 5.75 Å². The third-order valence-corrected chi connectivity index (χ3v) is 3.67. The SMILES string of the molecule is CCCNCc1cc(Br)c(OCCOCC)c(Br)c1. The maximum atomic E-state index is 5.71. The standard InChI is InChI=1S/C14H21Br2NO2/c1-3-5-17-10-11-8-12(15)14(13(16)9-11)19-7-6-18-4-2/h8-9,17H,3-7,10H2,1-2H3.